The minimum absolute atomic E-state index is 0.720. The number of hydrogen-bond donors (Lipinski definition) is 0. The average Bonchev–Trinajstić information content (AvgIpc) is 3.09. The lowest BCUT2D eigenvalue weighted by atomic mass is 9.90. The van der Waals surface area contributed by atoms with Crippen molar-refractivity contribution in [2.24, 2.45) is 0 Å². The van der Waals surface area contributed by atoms with Crippen molar-refractivity contribution < 1.29 is 0 Å². The predicted molar refractivity (Wildman–Crippen MR) is 176 cm³/mol. The second kappa shape index (κ2) is 10.1. The molecule has 8 rings (SSSR count). The van der Waals surface area contributed by atoms with Crippen LogP contribution in [0, 0.1) is 0 Å². The van der Waals surface area contributed by atoms with Crippen molar-refractivity contribution in [3.05, 3.63) is 158 Å². The Bertz CT molecular complexity index is 2140. The van der Waals surface area contributed by atoms with E-state index in [4.69, 9.17) is 9.97 Å². The van der Waals surface area contributed by atoms with Gasteiger partial charge in [-0.3, -0.25) is 0 Å². The van der Waals surface area contributed by atoms with E-state index in [1.807, 2.05) is 24.3 Å². The van der Waals surface area contributed by atoms with Crippen molar-refractivity contribution in [1.29, 1.82) is 0 Å². The molecule has 0 saturated carbocycles. The highest BCUT2D eigenvalue weighted by atomic mass is 14.9. The summed E-state index contributed by atoms with van der Waals surface area (Å²) < 4.78 is 0. The van der Waals surface area contributed by atoms with Crippen LogP contribution in [0.4, 0.5) is 0 Å². The van der Waals surface area contributed by atoms with Crippen molar-refractivity contribution in [2.75, 3.05) is 0 Å². The third kappa shape index (κ3) is 4.13. The van der Waals surface area contributed by atoms with E-state index < -0.39 is 0 Å². The van der Waals surface area contributed by atoms with Crippen LogP contribution >= 0.6 is 0 Å². The topological polar surface area (TPSA) is 25.8 Å². The highest BCUT2D eigenvalue weighted by Gasteiger charge is 2.15. The van der Waals surface area contributed by atoms with Crippen LogP contribution in [-0.2, 0) is 0 Å². The monoisotopic (exact) mass is 534 g/mol. The SMILES string of the molecule is c1ccc(-c2cc(-c3ccccc3-c3ccc4c5ccccc5c5ccccc5c4c3)nc(-c3ccccc3)n2)cc1. The van der Waals surface area contributed by atoms with Crippen LogP contribution < -0.4 is 0 Å². The number of nitrogens with zero attached hydrogens (tertiary/aromatic N) is 2. The first-order chi connectivity index (χ1) is 20.8. The molecule has 42 heavy (non-hydrogen) atoms. The molecule has 0 aliphatic rings. The minimum Gasteiger partial charge on any atom is -0.228 e. The average molecular weight is 535 g/mol. The van der Waals surface area contributed by atoms with Gasteiger partial charge in [0.05, 0.1) is 11.4 Å². The maximum Gasteiger partial charge on any atom is 0.160 e. The third-order valence-corrected chi connectivity index (χ3v) is 8.09. The fraction of sp³-hybridized carbons (Fsp3) is 0. The molecule has 1 aromatic heterocycles. The van der Waals surface area contributed by atoms with Gasteiger partial charge in [-0.15, -0.1) is 0 Å². The van der Waals surface area contributed by atoms with Gasteiger partial charge >= 0.3 is 0 Å². The van der Waals surface area contributed by atoms with Crippen LogP contribution in [0.1, 0.15) is 0 Å². The van der Waals surface area contributed by atoms with Gasteiger partial charge in [0, 0.05) is 16.7 Å². The van der Waals surface area contributed by atoms with E-state index in [0.29, 0.717) is 0 Å². The molecule has 1 heterocycles. The van der Waals surface area contributed by atoms with Gasteiger partial charge in [-0.2, -0.15) is 0 Å². The highest BCUT2D eigenvalue weighted by molar-refractivity contribution is 6.25. The molecule has 8 aromatic rings. The zero-order chi connectivity index (χ0) is 27.9. The van der Waals surface area contributed by atoms with Crippen molar-refractivity contribution in [3.63, 3.8) is 0 Å². The lowest BCUT2D eigenvalue weighted by Gasteiger charge is -2.15. The van der Waals surface area contributed by atoms with Crippen LogP contribution in [0.15, 0.2) is 158 Å². The Morgan fingerprint density at radius 1 is 0.286 bits per heavy atom. The summed E-state index contributed by atoms with van der Waals surface area (Å²) in [6.45, 7) is 0. The molecule has 0 atom stereocenters. The van der Waals surface area contributed by atoms with Gasteiger partial charge in [-0.1, -0.05) is 146 Å². The van der Waals surface area contributed by atoms with Gasteiger partial charge in [0.25, 0.3) is 0 Å². The second-order valence-electron chi connectivity index (χ2n) is 10.6. The van der Waals surface area contributed by atoms with Gasteiger partial charge in [0.15, 0.2) is 5.82 Å². The largest absolute Gasteiger partial charge is 0.228 e. The smallest absolute Gasteiger partial charge is 0.160 e. The molecule has 0 fully saturated rings. The fourth-order valence-electron chi connectivity index (χ4n) is 6.09. The first kappa shape index (κ1) is 24.2. The van der Waals surface area contributed by atoms with Crippen LogP contribution in [0.5, 0.6) is 0 Å². The Balaban J connectivity index is 1.36. The van der Waals surface area contributed by atoms with Crippen molar-refractivity contribution in [3.8, 4) is 45.0 Å². The molecule has 2 heteroatoms. The summed E-state index contributed by atoms with van der Waals surface area (Å²) in [5.74, 6) is 0.720. The van der Waals surface area contributed by atoms with Crippen molar-refractivity contribution in [1.82, 2.24) is 9.97 Å². The molecule has 0 radical (unpaired) electrons. The van der Waals surface area contributed by atoms with Gasteiger partial charge < -0.3 is 0 Å². The van der Waals surface area contributed by atoms with Crippen LogP contribution in [0.25, 0.3) is 77.3 Å². The third-order valence-electron chi connectivity index (χ3n) is 8.09. The van der Waals surface area contributed by atoms with E-state index in [9.17, 15) is 0 Å². The van der Waals surface area contributed by atoms with Gasteiger partial charge in [0.2, 0.25) is 0 Å². The standard InChI is InChI=1S/C40H26N2/c1-3-13-27(14-4-1)38-26-39(42-40(41-38)28-15-5-2-6-16-28)36-22-12-7-17-30(36)29-23-24-35-33-20-9-8-18-31(33)32-19-10-11-21-34(32)37(35)25-29/h1-26H. The van der Waals surface area contributed by atoms with Crippen LogP contribution in [0.3, 0.4) is 0 Å². The predicted octanol–water partition coefficient (Wildman–Crippen LogP) is 10.6. The summed E-state index contributed by atoms with van der Waals surface area (Å²) in [5, 5.41) is 7.64. The van der Waals surface area contributed by atoms with E-state index in [1.54, 1.807) is 0 Å². The maximum absolute atomic E-state index is 5.13. The van der Waals surface area contributed by atoms with Gasteiger partial charge in [-0.25, -0.2) is 9.97 Å². The quantitative estimate of drug-likeness (QED) is 0.210. The van der Waals surface area contributed by atoms with Crippen molar-refractivity contribution in [2.45, 2.75) is 0 Å². The van der Waals surface area contributed by atoms with E-state index in [1.165, 1.54) is 37.9 Å². The molecule has 7 aromatic carbocycles. The number of benzene rings is 7. The van der Waals surface area contributed by atoms with Crippen molar-refractivity contribution >= 4 is 32.3 Å². The Labute approximate surface area is 244 Å². The lowest BCUT2D eigenvalue weighted by molar-refractivity contribution is 1.18. The zero-order valence-corrected chi connectivity index (χ0v) is 22.9. The Morgan fingerprint density at radius 3 is 1.40 bits per heavy atom. The summed E-state index contributed by atoms with van der Waals surface area (Å²) in [7, 11) is 0. The first-order valence-corrected chi connectivity index (χ1v) is 14.3. The normalized spacial score (nSPS) is 11.3. The minimum atomic E-state index is 0.720. The molecule has 0 amide bonds. The Morgan fingerprint density at radius 2 is 0.762 bits per heavy atom. The summed E-state index contributed by atoms with van der Waals surface area (Å²) in [6.07, 6.45) is 0. The molecule has 0 N–H and O–H groups in total. The second-order valence-corrected chi connectivity index (χ2v) is 10.6. The molecule has 0 aliphatic carbocycles. The first-order valence-electron chi connectivity index (χ1n) is 14.3. The van der Waals surface area contributed by atoms with E-state index in [0.717, 1.165) is 39.5 Å². The molecule has 196 valence electrons. The summed E-state index contributed by atoms with van der Waals surface area (Å²) in [5.41, 5.74) is 7.27. The van der Waals surface area contributed by atoms with Crippen LogP contribution in [0.2, 0.25) is 0 Å². The Hall–Kier alpha value is -5.60. The molecular weight excluding hydrogens is 508 g/mol. The molecular formula is C40H26N2. The molecule has 0 bridgehead atoms. The molecule has 0 aliphatic heterocycles. The van der Waals surface area contributed by atoms with Gasteiger partial charge in [0.1, 0.15) is 0 Å². The van der Waals surface area contributed by atoms with E-state index in [-0.39, 0.29) is 0 Å². The van der Waals surface area contributed by atoms with Gasteiger partial charge in [-0.05, 0) is 55.6 Å². The zero-order valence-electron chi connectivity index (χ0n) is 22.9. The number of aromatic nitrogens is 2. The van der Waals surface area contributed by atoms with E-state index in [2.05, 4.69) is 133 Å². The molecule has 0 spiro atoms. The van der Waals surface area contributed by atoms with Crippen LogP contribution in [-0.4, -0.2) is 9.97 Å². The molecule has 0 unspecified atom stereocenters. The summed E-state index contributed by atoms with van der Waals surface area (Å²) in [6, 6.07) is 55.6. The number of rotatable bonds is 4. The lowest BCUT2D eigenvalue weighted by Crippen LogP contribution is -1.97. The maximum atomic E-state index is 5.13. The number of hydrogen-bond acceptors (Lipinski definition) is 2. The summed E-state index contributed by atoms with van der Waals surface area (Å²) in [4.78, 5) is 10.1. The summed E-state index contributed by atoms with van der Waals surface area (Å²) >= 11 is 0. The Kier molecular flexibility index (Phi) is 5.82. The van der Waals surface area contributed by atoms with E-state index >= 15 is 0 Å². The molecule has 0 saturated heterocycles. The molecule has 2 nitrogen and oxygen atoms in total. The highest BCUT2D eigenvalue weighted by Crippen LogP contribution is 2.39. The number of fused-ring (bicyclic) bond motifs is 6. The fourth-order valence-corrected chi connectivity index (χ4v) is 6.09.